The van der Waals surface area contributed by atoms with Crippen LogP contribution in [0.4, 0.5) is 0 Å². The van der Waals surface area contributed by atoms with E-state index < -0.39 is 0 Å². The van der Waals surface area contributed by atoms with Gasteiger partial charge in [0.2, 0.25) is 6.79 Å². The molecule has 1 aromatic rings. The Morgan fingerprint density at radius 2 is 2.00 bits per heavy atom. The summed E-state index contributed by atoms with van der Waals surface area (Å²) in [5.74, 6) is 1.62. The fourth-order valence-electron chi connectivity index (χ4n) is 1.50. The maximum absolute atomic E-state index is 5.60. The van der Waals surface area contributed by atoms with Crippen molar-refractivity contribution in [3.8, 4) is 11.5 Å². The largest absolute Gasteiger partial charge is 0.454 e. The fraction of sp³-hybridized carbons (Fsp3) is 0.429. The molecular formula is C14H18O3. The third kappa shape index (κ3) is 3.49. The molecule has 0 atom stereocenters. The zero-order valence-electron chi connectivity index (χ0n) is 10.5. The van der Waals surface area contributed by atoms with Crippen molar-refractivity contribution in [2.75, 3.05) is 13.4 Å². The molecule has 0 bridgehead atoms. The molecule has 0 saturated carbocycles. The first-order valence-electron chi connectivity index (χ1n) is 5.75. The van der Waals surface area contributed by atoms with E-state index in [0.29, 0.717) is 13.4 Å². The van der Waals surface area contributed by atoms with E-state index in [1.807, 2.05) is 51.1 Å². The average molecular weight is 234 g/mol. The molecule has 0 aromatic heterocycles. The van der Waals surface area contributed by atoms with Gasteiger partial charge in [-0.25, -0.2) is 0 Å². The van der Waals surface area contributed by atoms with Gasteiger partial charge in [-0.1, -0.05) is 18.2 Å². The monoisotopic (exact) mass is 234 g/mol. The van der Waals surface area contributed by atoms with Gasteiger partial charge in [0, 0.05) is 0 Å². The topological polar surface area (TPSA) is 27.7 Å². The normalized spacial score (nSPS) is 14.5. The van der Waals surface area contributed by atoms with Crippen molar-refractivity contribution in [3.63, 3.8) is 0 Å². The van der Waals surface area contributed by atoms with Crippen LogP contribution in [0.15, 0.2) is 24.3 Å². The molecule has 0 N–H and O–H groups in total. The Hall–Kier alpha value is -1.48. The summed E-state index contributed by atoms with van der Waals surface area (Å²) in [6, 6.07) is 5.89. The molecule has 17 heavy (non-hydrogen) atoms. The van der Waals surface area contributed by atoms with E-state index >= 15 is 0 Å². The quantitative estimate of drug-likeness (QED) is 0.803. The highest BCUT2D eigenvalue weighted by atomic mass is 16.7. The SMILES string of the molecule is CC(C)(C)OC/C=C/c1ccc2c(c1)OCO2. The van der Waals surface area contributed by atoms with Crippen LogP contribution in [0.3, 0.4) is 0 Å². The number of hydrogen-bond acceptors (Lipinski definition) is 3. The molecule has 1 aliphatic rings. The van der Waals surface area contributed by atoms with Crippen molar-refractivity contribution < 1.29 is 14.2 Å². The summed E-state index contributed by atoms with van der Waals surface area (Å²) in [6.07, 6.45) is 4.02. The number of benzene rings is 1. The Kier molecular flexibility index (Phi) is 3.38. The summed E-state index contributed by atoms with van der Waals surface area (Å²) < 4.78 is 16.2. The molecule has 0 saturated heterocycles. The second-order valence-electron chi connectivity index (χ2n) is 4.94. The summed E-state index contributed by atoms with van der Waals surface area (Å²) >= 11 is 0. The minimum atomic E-state index is -0.0980. The lowest BCUT2D eigenvalue weighted by molar-refractivity contribution is 0.0152. The van der Waals surface area contributed by atoms with Crippen molar-refractivity contribution >= 4 is 6.08 Å². The van der Waals surface area contributed by atoms with Crippen molar-refractivity contribution in [3.05, 3.63) is 29.8 Å². The van der Waals surface area contributed by atoms with Gasteiger partial charge in [0.1, 0.15) is 0 Å². The maximum Gasteiger partial charge on any atom is 0.231 e. The Morgan fingerprint density at radius 3 is 2.76 bits per heavy atom. The summed E-state index contributed by atoms with van der Waals surface area (Å²) in [5, 5.41) is 0. The van der Waals surface area contributed by atoms with Crippen LogP contribution < -0.4 is 9.47 Å². The van der Waals surface area contributed by atoms with E-state index in [-0.39, 0.29) is 5.60 Å². The molecule has 92 valence electrons. The fourth-order valence-corrected chi connectivity index (χ4v) is 1.50. The van der Waals surface area contributed by atoms with Gasteiger partial charge in [0.15, 0.2) is 11.5 Å². The highest BCUT2D eigenvalue weighted by Gasteiger charge is 2.12. The average Bonchev–Trinajstić information content (AvgIpc) is 2.70. The van der Waals surface area contributed by atoms with Gasteiger partial charge in [-0.15, -0.1) is 0 Å². The Balaban J connectivity index is 1.93. The predicted octanol–water partition coefficient (Wildman–Crippen LogP) is 3.24. The molecule has 1 aliphatic heterocycles. The summed E-state index contributed by atoms with van der Waals surface area (Å²) in [7, 11) is 0. The Bertz CT molecular complexity index is 416. The third-order valence-electron chi connectivity index (χ3n) is 2.32. The number of rotatable bonds is 3. The molecular weight excluding hydrogens is 216 g/mol. The minimum absolute atomic E-state index is 0.0980. The first-order valence-corrected chi connectivity index (χ1v) is 5.75. The van der Waals surface area contributed by atoms with Crippen molar-refractivity contribution in [2.45, 2.75) is 26.4 Å². The minimum Gasteiger partial charge on any atom is -0.454 e. The van der Waals surface area contributed by atoms with Crippen LogP contribution in [0.2, 0.25) is 0 Å². The van der Waals surface area contributed by atoms with Crippen LogP contribution in [0.1, 0.15) is 26.3 Å². The molecule has 1 heterocycles. The number of fused-ring (bicyclic) bond motifs is 1. The summed E-state index contributed by atoms with van der Waals surface area (Å²) in [5.41, 5.74) is 0.992. The molecule has 3 nitrogen and oxygen atoms in total. The van der Waals surface area contributed by atoms with Crippen molar-refractivity contribution in [1.82, 2.24) is 0 Å². The molecule has 0 radical (unpaired) electrons. The van der Waals surface area contributed by atoms with Crippen LogP contribution in [0, 0.1) is 0 Å². The molecule has 0 amide bonds. The molecule has 1 aromatic carbocycles. The van der Waals surface area contributed by atoms with Gasteiger partial charge in [0.05, 0.1) is 12.2 Å². The lowest BCUT2D eigenvalue weighted by atomic mass is 10.2. The Labute approximate surface area is 102 Å². The number of ether oxygens (including phenoxy) is 3. The summed E-state index contributed by atoms with van der Waals surface area (Å²) in [6.45, 7) is 7.05. The van der Waals surface area contributed by atoms with Crippen LogP contribution >= 0.6 is 0 Å². The van der Waals surface area contributed by atoms with Crippen LogP contribution in [0.25, 0.3) is 6.08 Å². The standard InChI is InChI=1S/C14H18O3/c1-14(2,3)17-8-4-5-11-6-7-12-13(9-11)16-10-15-12/h4-7,9H,8,10H2,1-3H3/b5-4+. The second-order valence-corrected chi connectivity index (χ2v) is 4.94. The second kappa shape index (κ2) is 4.80. The van der Waals surface area contributed by atoms with E-state index in [2.05, 4.69) is 0 Å². The van der Waals surface area contributed by atoms with E-state index in [1.165, 1.54) is 0 Å². The maximum atomic E-state index is 5.60. The van der Waals surface area contributed by atoms with Gasteiger partial charge >= 0.3 is 0 Å². The van der Waals surface area contributed by atoms with E-state index in [4.69, 9.17) is 14.2 Å². The first kappa shape index (κ1) is 12.0. The molecule has 0 spiro atoms. The lowest BCUT2D eigenvalue weighted by Gasteiger charge is -2.17. The van der Waals surface area contributed by atoms with E-state index in [0.717, 1.165) is 17.1 Å². The van der Waals surface area contributed by atoms with Gasteiger partial charge in [-0.05, 0) is 38.5 Å². The van der Waals surface area contributed by atoms with Gasteiger partial charge in [-0.2, -0.15) is 0 Å². The van der Waals surface area contributed by atoms with E-state index in [9.17, 15) is 0 Å². The van der Waals surface area contributed by atoms with Crippen LogP contribution in [0.5, 0.6) is 11.5 Å². The highest BCUT2D eigenvalue weighted by Crippen LogP contribution is 2.32. The van der Waals surface area contributed by atoms with Crippen LogP contribution in [-0.4, -0.2) is 19.0 Å². The third-order valence-corrected chi connectivity index (χ3v) is 2.32. The smallest absolute Gasteiger partial charge is 0.231 e. The first-order chi connectivity index (χ1) is 8.04. The predicted molar refractivity (Wildman–Crippen MR) is 67.3 cm³/mol. The number of hydrogen-bond donors (Lipinski definition) is 0. The molecule has 0 fully saturated rings. The van der Waals surface area contributed by atoms with Crippen molar-refractivity contribution in [2.24, 2.45) is 0 Å². The van der Waals surface area contributed by atoms with E-state index in [1.54, 1.807) is 0 Å². The van der Waals surface area contributed by atoms with Gasteiger partial charge in [-0.3, -0.25) is 0 Å². The van der Waals surface area contributed by atoms with Gasteiger partial charge in [0.25, 0.3) is 0 Å². The highest BCUT2D eigenvalue weighted by molar-refractivity contribution is 5.56. The zero-order valence-corrected chi connectivity index (χ0v) is 10.5. The van der Waals surface area contributed by atoms with Crippen LogP contribution in [-0.2, 0) is 4.74 Å². The zero-order chi connectivity index (χ0) is 12.3. The Morgan fingerprint density at radius 1 is 1.24 bits per heavy atom. The van der Waals surface area contributed by atoms with Crippen molar-refractivity contribution in [1.29, 1.82) is 0 Å². The molecule has 2 rings (SSSR count). The molecule has 0 unspecified atom stereocenters. The molecule has 0 aliphatic carbocycles. The summed E-state index contributed by atoms with van der Waals surface area (Å²) in [4.78, 5) is 0. The lowest BCUT2D eigenvalue weighted by Crippen LogP contribution is -2.18. The molecule has 3 heteroatoms. The van der Waals surface area contributed by atoms with Gasteiger partial charge < -0.3 is 14.2 Å².